The molecule has 0 spiro atoms. The SMILES string of the molecule is CCCC(C)NC(=O)C(c1cccc(C)c1O)N(C(=O)CNC(=O)OC(C)(C)C)C1CC1C. The zero-order valence-corrected chi connectivity index (χ0v) is 20.9. The number of phenols is 1. The number of aromatic hydroxyl groups is 1. The van der Waals surface area contributed by atoms with Crippen LogP contribution in [0.25, 0.3) is 0 Å². The van der Waals surface area contributed by atoms with Crippen molar-refractivity contribution in [3.63, 3.8) is 0 Å². The number of phenolic OH excluding ortho intramolecular Hbond substituents is 1. The Morgan fingerprint density at radius 2 is 1.91 bits per heavy atom. The minimum atomic E-state index is -1.01. The summed E-state index contributed by atoms with van der Waals surface area (Å²) in [6.45, 7) is 12.6. The van der Waals surface area contributed by atoms with Crippen molar-refractivity contribution in [2.75, 3.05) is 6.54 Å². The van der Waals surface area contributed by atoms with Gasteiger partial charge in [-0.15, -0.1) is 0 Å². The Morgan fingerprint density at radius 3 is 2.45 bits per heavy atom. The Kier molecular flexibility index (Phi) is 8.75. The van der Waals surface area contributed by atoms with Crippen LogP contribution in [-0.2, 0) is 14.3 Å². The van der Waals surface area contributed by atoms with Crippen LogP contribution >= 0.6 is 0 Å². The molecule has 3 N–H and O–H groups in total. The zero-order chi connectivity index (χ0) is 24.9. The number of nitrogens with one attached hydrogen (secondary N) is 2. The van der Waals surface area contributed by atoms with E-state index < -0.39 is 23.6 Å². The van der Waals surface area contributed by atoms with E-state index in [1.165, 1.54) is 4.90 Å². The third-order valence-corrected chi connectivity index (χ3v) is 5.70. The van der Waals surface area contributed by atoms with E-state index in [1.807, 2.05) is 20.8 Å². The van der Waals surface area contributed by atoms with E-state index in [0.29, 0.717) is 11.1 Å². The third kappa shape index (κ3) is 7.37. The van der Waals surface area contributed by atoms with Crippen LogP contribution in [0, 0.1) is 12.8 Å². The van der Waals surface area contributed by atoms with Crippen molar-refractivity contribution >= 4 is 17.9 Å². The number of rotatable bonds is 9. The summed E-state index contributed by atoms with van der Waals surface area (Å²) >= 11 is 0. The predicted molar refractivity (Wildman–Crippen MR) is 127 cm³/mol. The summed E-state index contributed by atoms with van der Waals surface area (Å²) in [5.74, 6) is -0.543. The molecule has 2 rings (SSSR count). The first-order valence-corrected chi connectivity index (χ1v) is 11.7. The topological polar surface area (TPSA) is 108 Å². The van der Waals surface area contributed by atoms with Gasteiger partial charge in [-0.1, -0.05) is 38.5 Å². The summed E-state index contributed by atoms with van der Waals surface area (Å²) in [4.78, 5) is 40.5. The minimum Gasteiger partial charge on any atom is -0.507 e. The van der Waals surface area contributed by atoms with E-state index in [9.17, 15) is 19.5 Å². The molecule has 33 heavy (non-hydrogen) atoms. The first-order chi connectivity index (χ1) is 15.4. The number of aryl methyl sites for hydroxylation is 1. The second-order valence-corrected chi connectivity index (χ2v) is 10.1. The molecule has 0 aliphatic heterocycles. The molecule has 1 aliphatic rings. The molecule has 0 radical (unpaired) electrons. The van der Waals surface area contributed by atoms with Gasteiger partial charge in [-0.3, -0.25) is 9.59 Å². The van der Waals surface area contributed by atoms with Crippen molar-refractivity contribution < 1.29 is 24.2 Å². The first kappa shape index (κ1) is 26.5. The van der Waals surface area contributed by atoms with Crippen LogP contribution < -0.4 is 10.6 Å². The third-order valence-electron chi connectivity index (χ3n) is 5.70. The zero-order valence-electron chi connectivity index (χ0n) is 20.9. The predicted octanol–water partition coefficient (Wildman–Crippen LogP) is 3.81. The second-order valence-electron chi connectivity index (χ2n) is 10.1. The largest absolute Gasteiger partial charge is 0.507 e. The summed E-state index contributed by atoms with van der Waals surface area (Å²) < 4.78 is 5.23. The molecular formula is C25H39N3O5. The molecule has 8 nitrogen and oxygen atoms in total. The number of hydrogen-bond donors (Lipinski definition) is 3. The van der Waals surface area contributed by atoms with Crippen LogP contribution in [0.5, 0.6) is 5.75 Å². The van der Waals surface area contributed by atoms with Crippen LogP contribution in [-0.4, -0.2) is 52.1 Å². The fraction of sp³-hybridized carbons (Fsp3) is 0.640. The van der Waals surface area contributed by atoms with Gasteiger partial charge in [0.1, 0.15) is 23.9 Å². The number of carbonyl (C=O) groups is 3. The molecule has 3 amide bonds. The lowest BCUT2D eigenvalue weighted by Gasteiger charge is -2.33. The first-order valence-electron chi connectivity index (χ1n) is 11.7. The van der Waals surface area contributed by atoms with Gasteiger partial charge < -0.3 is 25.4 Å². The van der Waals surface area contributed by atoms with Crippen LogP contribution in [0.4, 0.5) is 4.79 Å². The van der Waals surface area contributed by atoms with E-state index >= 15 is 0 Å². The molecule has 0 heterocycles. The highest BCUT2D eigenvalue weighted by Gasteiger charge is 2.47. The van der Waals surface area contributed by atoms with Crippen molar-refractivity contribution in [2.24, 2.45) is 5.92 Å². The molecule has 8 heteroatoms. The summed E-state index contributed by atoms with van der Waals surface area (Å²) in [6, 6.07) is 3.94. The lowest BCUT2D eigenvalue weighted by molar-refractivity contribution is -0.141. The Balaban J connectivity index is 2.36. The second kappa shape index (κ2) is 10.9. The van der Waals surface area contributed by atoms with Crippen molar-refractivity contribution in [3.05, 3.63) is 29.3 Å². The number of hydrogen-bond acceptors (Lipinski definition) is 5. The molecule has 1 aromatic rings. The van der Waals surface area contributed by atoms with Crippen LogP contribution in [0.2, 0.25) is 0 Å². The fourth-order valence-electron chi connectivity index (χ4n) is 3.91. The van der Waals surface area contributed by atoms with Crippen molar-refractivity contribution in [1.29, 1.82) is 0 Å². The lowest BCUT2D eigenvalue weighted by Crippen LogP contribution is -2.50. The average molecular weight is 462 g/mol. The smallest absolute Gasteiger partial charge is 0.408 e. The Bertz CT molecular complexity index is 864. The average Bonchev–Trinajstić information content (AvgIpc) is 3.41. The molecule has 1 saturated carbocycles. The number of ether oxygens (including phenoxy) is 1. The number of amides is 3. The lowest BCUT2D eigenvalue weighted by atomic mass is 9.99. The summed E-state index contributed by atoms with van der Waals surface area (Å²) in [6.07, 6.45) is 1.76. The van der Waals surface area contributed by atoms with Crippen LogP contribution in [0.3, 0.4) is 0 Å². The monoisotopic (exact) mass is 461 g/mol. The van der Waals surface area contributed by atoms with Gasteiger partial charge in [0, 0.05) is 17.6 Å². The summed E-state index contributed by atoms with van der Waals surface area (Å²) in [5, 5.41) is 16.3. The number of alkyl carbamates (subject to hydrolysis) is 1. The molecular weight excluding hydrogens is 422 g/mol. The molecule has 184 valence electrons. The highest BCUT2D eigenvalue weighted by atomic mass is 16.6. The standard InChI is InChI=1S/C25H39N3O5/c1-8-10-17(4)27-23(31)21(18-12-9-11-15(2)22(18)30)28(19-13-16(19)3)20(29)14-26-24(32)33-25(5,6)7/h9,11-12,16-17,19,21,30H,8,10,13-14H2,1-7H3,(H,26,32)(H,27,31). The molecule has 0 saturated heterocycles. The molecule has 4 unspecified atom stereocenters. The fourth-order valence-corrected chi connectivity index (χ4v) is 3.91. The number of benzene rings is 1. The van der Waals surface area contributed by atoms with E-state index in [2.05, 4.69) is 10.6 Å². The van der Waals surface area contributed by atoms with Gasteiger partial charge in [-0.05, 0) is 58.9 Å². The van der Waals surface area contributed by atoms with E-state index in [4.69, 9.17) is 4.74 Å². The highest BCUT2D eigenvalue weighted by molar-refractivity contribution is 5.91. The van der Waals surface area contributed by atoms with E-state index in [0.717, 1.165) is 19.3 Å². The van der Waals surface area contributed by atoms with Gasteiger partial charge in [-0.25, -0.2) is 4.79 Å². The Hall–Kier alpha value is -2.77. The molecule has 4 atom stereocenters. The van der Waals surface area contributed by atoms with Gasteiger partial charge in [0.05, 0.1) is 0 Å². The minimum absolute atomic E-state index is 0.00741. The quantitative estimate of drug-likeness (QED) is 0.518. The van der Waals surface area contributed by atoms with Gasteiger partial charge in [0.25, 0.3) is 0 Å². The van der Waals surface area contributed by atoms with Crippen molar-refractivity contribution in [1.82, 2.24) is 15.5 Å². The normalized spacial score (nSPS) is 19.2. The van der Waals surface area contributed by atoms with Crippen LogP contribution in [0.1, 0.15) is 78.0 Å². The summed E-state index contributed by atoms with van der Waals surface area (Å²) in [7, 11) is 0. The van der Waals surface area contributed by atoms with Crippen molar-refractivity contribution in [2.45, 2.75) is 91.5 Å². The number of carbonyl (C=O) groups excluding carboxylic acids is 3. The molecule has 1 aromatic carbocycles. The highest BCUT2D eigenvalue weighted by Crippen LogP contribution is 2.42. The van der Waals surface area contributed by atoms with Crippen LogP contribution in [0.15, 0.2) is 18.2 Å². The van der Waals surface area contributed by atoms with Crippen molar-refractivity contribution in [3.8, 4) is 5.75 Å². The van der Waals surface area contributed by atoms with E-state index in [-0.39, 0.29) is 36.2 Å². The van der Waals surface area contributed by atoms with E-state index in [1.54, 1.807) is 45.9 Å². The maximum atomic E-state index is 13.5. The maximum absolute atomic E-state index is 13.5. The van der Waals surface area contributed by atoms with Gasteiger partial charge in [-0.2, -0.15) is 0 Å². The maximum Gasteiger partial charge on any atom is 0.408 e. The molecule has 0 bridgehead atoms. The Labute approximate surface area is 197 Å². The number of para-hydroxylation sites is 1. The summed E-state index contributed by atoms with van der Waals surface area (Å²) in [5.41, 5.74) is 0.305. The number of nitrogens with zero attached hydrogens (tertiary/aromatic N) is 1. The van der Waals surface area contributed by atoms with Gasteiger partial charge in [0.2, 0.25) is 11.8 Å². The molecule has 1 fully saturated rings. The molecule has 0 aromatic heterocycles. The molecule has 1 aliphatic carbocycles. The van der Waals surface area contributed by atoms with Gasteiger partial charge in [0.15, 0.2) is 0 Å². The Morgan fingerprint density at radius 1 is 1.27 bits per heavy atom. The van der Waals surface area contributed by atoms with Gasteiger partial charge >= 0.3 is 6.09 Å².